The molecule has 3 heteroatoms. The Kier molecular flexibility index (Phi) is 4.85. The average Bonchev–Trinajstić information content (AvgIpc) is 2.26. The molecule has 0 aliphatic heterocycles. The van der Waals surface area contributed by atoms with E-state index in [1.54, 1.807) is 0 Å². The second-order valence-electron chi connectivity index (χ2n) is 4.49. The Balaban J connectivity index is 2.48. The average molecular weight is 200 g/mol. The van der Waals surface area contributed by atoms with Crippen molar-refractivity contribution in [1.82, 2.24) is 4.90 Å². The predicted octanol–water partition coefficient (Wildman–Crippen LogP) is 0.962. The maximum absolute atomic E-state index is 8.81. The molecule has 0 aromatic heterocycles. The number of aliphatic hydroxyl groups excluding tert-OH is 1. The van der Waals surface area contributed by atoms with Crippen LogP contribution in [0.4, 0.5) is 0 Å². The van der Waals surface area contributed by atoms with E-state index in [0.29, 0.717) is 0 Å². The van der Waals surface area contributed by atoms with E-state index in [0.717, 1.165) is 19.5 Å². The Labute approximate surface area is 87.3 Å². The van der Waals surface area contributed by atoms with Gasteiger partial charge in [0.2, 0.25) is 0 Å². The second kappa shape index (κ2) is 5.69. The number of rotatable bonds is 5. The number of nitrogens with zero attached hydrogens (tertiary/aromatic N) is 1. The van der Waals surface area contributed by atoms with E-state index in [4.69, 9.17) is 10.8 Å². The molecule has 1 rings (SSSR count). The number of hydrogen-bond acceptors (Lipinski definition) is 3. The summed E-state index contributed by atoms with van der Waals surface area (Å²) in [5, 5.41) is 8.81. The summed E-state index contributed by atoms with van der Waals surface area (Å²) < 4.78 is 0. The second-order valence-corrected chi connectivity index (χ2v) is 4.49. The summed E-state index contributed by atoms with van der Waals surface area (Å²) in [6.45, 7) is 2.01. The highest BCUT2D eigenvalue weighted by atomic mass is 16.3. The van der Waals surface area contributed by atoms with Crippen LogP contribution in [-0.2, 0) is 0 Å². The lowest BCUT2D eigenvalue weighted by atomic mass is 9.80. The Morgan fingerprint density at radius 1 is 1.29 bits per heavy atom. The van der Waals surface area contributed by atoms with Gasteiger partial charge < -0.3 is 10.8 Å². The van der Waals surface area contributed by atoms with Crippen molar-refractivity contribution in [2.75, 3.05) is 26.7 Å². The van der Waals surface area contributed by atoms with Gasteiger partial charge in [0, 0.05) is 25.2 Å². The topological polar surface area (TPSA) is 49.5 Å². The fraction of sp³-hybridized carbons (Fsp3) is 1.00. The SMILES string of the molecule is CN(CCCO)C1(CN)CCCCC1. The van der Waals surface area contributed by atoms with Crippen molar-refractivity contribution >= 4 is 0 Å². The van der Waals surface area contributed by atoms with Crippen LogP contribution in [0.3, 0.4) is 0 Å². The minimum atomic E-state index is 0.230. The van der Waals surface area contributed by atoms with Gasteiger partial charge in [0.25, 0.3) is 0 Å². The lowest BCUT2D eigenvalue weighted by molar-refractivity contribution is 0.0762. The van der Waals surface area contributed by atoms with Crippen LogP contribution in [0.25, 0.3) is 0 Å². The summed E-state index contributed by atoms with van der Waals surface area (Å²) in [5.74, 6) is 0. The highest BCUT2D eigenvalue weighted by Crippen LogP contribution is 2.31. The van der Waals surface area contributed by atoms with Crippen LogP contribution in [0.2, 0.25) is 0 Å². The van der Waals surface area contributed by atoms with Crippen LogP contribution in [-0.4, -0.2) is 42.3 Å². The Morgan fingerprint density at radius 2 is 1.93 bits per heavy atom. The first-order valence-corrected chi connectivity index (χ1v) is 5.77. The molecule has 0 atom stereocenters. The zero-order chi connectivity index (χ0) is 10.4. The van der Waals surface area contributed by atoms with Crippen molar-refractivity contribution in [3.63, 3.8) is 0 Å². The third-order valence-corrected chi connectivity index (χ3v) is 3.63. The molecule has 3 N–H and O–H groups in total. The summed E-state index contributed by atoms with van der Waals surface area (Å²) >= 11 is 0. The molecule has 0 saturated heterocycles. The normalized spacial score (nSPS) is 21.4. The molecular formula is C11H24N2O. The first-order valence-electron chi connectivity index (χ1n) is 5.77. The first-order chi connectivity index (χ1) is 6.75. The van der Waals surface area contributed by atoms with E-state index in [9.17, 15) is 0 Å². The maximum Gasteiger partial charge on any atom is 0.0443 e. The van der Waals surface area contributed by atoms with Crippen molar-refractivity contribution in [2.24, 2.45) is 5.73 Å². The molecule has 84 valence electrons. The highest BCUT2D eigenvalue weighted by molar-refractivity contribution is 4.92. The van der Waals surface area contributed by atoms with Crippen molar-refractivity contribution in [3.05, 3.63) is 0 Å². The van der Waals surface area contributed by atoms with Crippen molar-refractivity contribution in [3.8, 4) is 0 Å². The van der Waals surface area contributed by atoms with Gasteiger partial charge in [-0.25, -0.2) is 0 Å². The number of aliphatic hydroxyl groups is 1. The highest BCUT2D eigenvalue weighted by Gasteiger charge is 2.33. The zero-order valence-electron chi connectivity index (χ0n) is 9.34. The molecule has 0 spiro atoms. The number of nitrogens with two attached hydrogens (primary N) is 1. The van der Waals surface area contributed by atoms with E-state index >= 15 is 0 Å². The third kappa shape index (κ3) is 2.69. The fourth-order valence-electron chi connectivity index (χ4n) is 2.50. The van der Waals surface area contributed by atoms with E-state index in [-0.39, 0.29) is 12.1 Å². The monoisotopic (exact) mass is 200 g/mol. The van der Waals surface area contributed by atoms with Gasteiger partial charge in [-0.15, -0.1) is 0 Å². The van der Waals surface area contributed by atoms with Crippen molar-refractivity contribution < 1.29 is 5.11 Å². The smallest absolute Gasteiger partial charge is 0.0443 e. The molecule has 3 nitrogen and oxygen atoms in total. The van der Waals surface area contributed by atoms with E-state index in [2.05, 4.69) is 11.9 Å². The van der Waals surface area contributed by atoms with Crippen LogP contribution < -0.4 is 5.73 Å². The van der Waals surface area contributed by atoms with Crippen molar-refractivity contribution in [1.29, 1.82) is 0 Å². The lowest BCUT2D eigenvalue weighted by Crippen LogP contribution is -2.53. The van der Waals surface area contributed by atoms with Gasteiger partial charge >= 0.3 is 0 Å². The van der Waals surface area contributed by atoms with Gasteiger partial charge in [0.1, 0.15) is 0 Å². The summed E-state index contributed by atoms with van der Waals surface area (Å²) in [5.41, 5.74) is 6.14. The first kappa shape index (κ1) is 12.0. The Bertz CT molecular complexity index is 155. The molecule has 0 unspecified atom stereocenters. The van der Waals surface area contributed by atoms with Gasteiger partial charge in [-0.2, -0.15) is 0 Å². The molecule has 0 heterocycles. The van der Waals surface area contributed by atoms with Crippen LogP contribution in [0, 0.1) is 0 Å². The minimum absolute atomic E-state index is 0.230. The maximum atomic E-state index is 8.81. The van der Waals surface area contributed by atoms with Gasteiger partial charge in [-0.05, 0) is 26.3 Å². The molecular weight excluding hydrogens is 176 g/mol. The summed E-state index contributed by atoms with van der Waals surface area (Å²) in [6.07, 6.45) is 7.28. The predicted molar refractivity (Wildman–Crippen MR) is 59.2 cm³/mol. The Hall–Kier alpha value is -0.120. The van der Waals surface area contributed by atoms with Crippen molar-refractivity contribution in [2.45, 2.75) is 44.1 Å². The number of hydrogen-bond donors (Lipinski definition) is 2. The van der Waals surface area contributed by atoms with Gasteiger partial charge in [0.15, 0.2) is 0 Å². The number of likely N-dealkylation sites (N-methyl/N-ethyl adjacent to an activating group) is 1. The summed E-state index contributed by atoms with van der Waals surface area (Å²) in [4.78, 5) is 2.36. The molecule has 0 aromatic carbocycles. The van der Waals surface area contributed by atoms with Gasteiger partial charge in [-0.3, -0.25) is 4.90 Å². The third-order valence-electron chi connectivity index (χ3n) is 3.63. The summed E-state index contributed by atoms with van der Waals surface area (Å²) in [7, 11) is 2.15. The fourth-order valence-corrected chi connectivity index (χ4v) is 2.50. The van der Waals surface area contributed by atoms with Crippen LogP contribution >= 0.6 is 0 Å². The molecule has 0 amide bonds. The standard InChI is InChI=1S/C11H24N2O/c1-13(8-5-9-14)11(10-12)6-3-2-4-7-11/h14H,2-10,12H2,1H3. The molecule has 14 heavy (non-hydrogen) atoms. The molecule has 1 aliphatic rings. The molecule has 0 aromatic rings. The quantitative estimate of drug-likeness (QED) is 0.695. The van der Waals surface area contributed by atoms with Gasteiger partial charge in [0.05, 0.1) is 0 Å². The van der Waals surface area contributed by atoms with Crippen LogP contribution in [0.1, 0.15) is 38.5 Å². The van der Waals surface area contributed by atoms with E-state index in [1.807, 2.05) is 0 Å². The van der Waals surface area contributed by atoms with Crippen LogP contribution in [0.5, 0.6) is 0 Å². The lowest BCUT2D eigenvalue weighted by Gasteiger charge is -2.44. The molecule has 1 aliphatic carbocycles. The van der Waals surface area contributed by atoms with E-state index < -0.39 is 0 Å². The minimum Gasteiger partial charge on any atom is -0.396 e. The Morgan fingerprint density at radius 3 is 2.43 bits per heavy atom. The molecule has 0 radical (unpaired) electrons. The molecule has 1 saturated carbocycles. The van der Waals surface area contributed by atoms with Gasteiger partial charge in [-0.1, -0.05) is 19.3 Å². The zero-order valence-corrected chi connectivity index (χ0v) is 9.34. The summed E-state index contributed by atoms with van der Waals surface area (Å²) in [6, 6.07) is 0. The molecule has 0 bridgehead atoms. The van der Waals surface area contributed by atoms with Crippen LogP contribution in [0.15, 0.2) is 0 Å². The largest absolute Gasteiger partial charge is 0.396 e. The van der Waals surface area contributed by atoms with E-state index in [1.165, 1.54) is 32.1 Å². The molecule has 1 fully saturated rings.